The average Bonchev–Trinajstić information content (AvgIpc) is 2.59. The molecule has 1 heterocycles. The van der Waals surface area contributed by atoms with Crippen molar-refractivity contribution in [3.63, 3.8) is 0 Å². The first kappa shape index (κ1) is 19.2. The fourth-order valence-electron chi connectivity index (χ4n) is 2.48. The fraction of sp³-hybridized carbons (Fsp3) is 0.333. The molecule has 0 unspecified atom stereocenters. The Morgan fingerprint density at radius 2 is 1.77 bits per heavy atom. The summed E-state index contributed by atoms with van der Waals surface area (Å²) in [5.74, 6) is -2.21. The molecule has 0 aliphatic carbocycles. The first-order valence-electron chi connectivity index (χ1n) is 8.16. The number of carbonyl (C=O) groups excluding carboxylic acids is 1. The molecule has 1 aromatic heterocycles. The molecule has 1 aromatic carbocycles. The number of benzene rings is 1. The SMILES string of the molecule is CC(C)[C@H](NC(=O)Cn1c(=O)ccn(Cc2ccccc2)c1=O)C(=O)O. The third-order valence-corrected chi connectivity index (χ3v) is 3.89. The molecule has 1 amide bonds. The summed E-state index contributed by atoms with van der Waals surface area (Å²) in [5, 5.41) is 11.5. The van der Waals surface area contributed by atoms with Gasteiger partial charge in [-0.1, -0.05) is 44.2 Å². The van der Waals surface area contributed by atoms with Gasteiger partial charge in [-0.05, 0) is 11.5 Å². The van der Waals surface area contributed by atoms with Crippen LogP contribution < -0.4 is 16.6 Å². The summed E-state index contributed by atoms with van der Waals surface area (Å²) in [4.78, 5) is 47.8. The van der Waals surface area contributed by atoms with E-state index in [1.807, 2.05) is 30.3 Å². The highest BCUT2D eigenvalue weighted by atomic mass is 16.4. The zero-order valence-corrected chi connectivity index (χ0v) is 14.6. The second-order valence-electron chi connectivity index (χ2n) is 6.26. The van der Waals surface area contributed by atoms with Crippen molar-refractivity contribution in [2.24, 2.45) is 5.92 Å². The molecule has 2 aromatic rings. The Hall–Kier alpha value is -3.16. The number of carboxylic acid groups (broad SMARTS) is 1. The number of amides is 1. The fourth-order valence-corrected chi connectivity index (χ4v) is 2.48. The van der Waals surface area contributed by atoms with E-state index in [2.05, 4.69) is 5.32 Å². The van der Waals surface area contributed by atoms with Crippen LogP contribution >= 0.6 is 0 Å². The van der Waals surface area contributed by atoms with Crippen LogP contribution in [0.25, 0.3) is 0 Å². The lowest BCUT2D eigenvalue weighted by Gasteiger charge is -2.18. The zero-order valence-electron chi connectivity index (χ0n) is 14.6. The van der Waals surface area contributed by atoms with Crippen molar-refractivity contribution < 1.29 is 14.7 Å². The summed E-state index contributed by atoms with van der Waals surface area (Å²) >= 11 is 0. The van der Waals surface area contributed by atoms with Gasteiger partial charge in [0, 0.05) is 12.3 Å². The highest BCUT2D eigenvalue weighted by molar-refractivity contribution is 5.83. The van der Waals surface area contributed by atoms with Gasteiger partial charge in [0.05, 0.1) is 6.54 Å². The van der Waals surface area contributed by atoms with E-state index in [4.69, 9.17) is 5.11 Å². The first-order chi connectivity index (χ1) is 12.3. The number of aliphatic carboxylic acids is 1. The third-order valence-electron chi connectivity index (χ3n) is 3.89. The van der Waals surface area contributed by atoms with E-state index in [0.29, 0.717) is 0 Å². The second kappa shape index (κ2) is 8.28. The van der Waals surface area contributed by atoms with Gasteiger partial charge in [-0.25, -0.2) is 9.59 Å². The van der Waals surface area contributed by atoms with E-state index >= 15 is 0 Å². The zero-order chi connectivity index (χ0) is 19.3. The molecule has 0 fully saturated rings. The van der Waals surface area contributed by atoms with Crippen LogP contribution in [0.4, 0.5) is 0 Å². The number of aromatic nitrogens is 2. The summed E-state index contributed by atoms with van der Waals surface area (Å²) in [5.41, 5.74) is -0.381. The normalized spacial score (nSPS) is 12.0. The van der Waals surface area contributed by atoms with E-state index in [1.165, 1.54) is 16.8 Å². The predicted molar refractivity (Wildman–Crippen MR) is 94.9 cm³/mol. The Balaban J connectivity index is 2.22. The van der Waals surface area contributed by atoms with Crippen LogP contribution in [0.2, 0.25) is 0 Å². The van der Waals surface area contributed by atoms with E-state index in [0.717, 1.165) is 10.1 Å². The molecular weight excluding hydrogens is 338 g/mol. The van der Waals surface area contributed by atoms with Crippen LogP contribution in [0, 0.1) is 5.92 Å². The molecule has 0 bridgehead atoms. The van der Waals surface area contributed by atoms with Gasteiger partial charge in [0.15, 0.2) is 0 Å². The standard InChI is InChI=1S/C18H21N3O5/c1-12(2)16(17(24)25)19-14(22)11-21-15(23)8-9-20(18(21)26)10-13-6-4-3-5-7-13/h3-9,12,16H,10-11H2,1-2H3,(H,19,22)(H,24,25)/t16-/m0/s1. The number of hydrogen-bond donors (Lipinski definition) is 2. The lowest BCUT2D eigenvalue weighted by atomic mass is 10.1. The number of nitrogens with one attached hydrogen (secondary N) is 1. The smallest absolute Gasteiger partial charge is 0.331 e. The van der Waals surface area contributed by atoms with Crippen LogP contribution in [0.5, 0.6) is 0 Å². The van der Waals surface area contributed by atoms with Gasteiger partial charge in [0.2, 0.25) is 5.91 Å². The average molecular weight is 359 g/mol. The van der Waals surface area contributed by atoms with Gasteiger partial charge in [0.1, 0.15) is 12.6 Å². The van der Waals surface area contributed by atoms with Gasteiger partial charge >= 0.3 is 11.7 Å². The van der Waals surface area contributed by atoms with E-state index in [-0.39, 0.29) is 12.5 Å². The second-order valence-corrected chi connectivity index (χ2v) is 6.26. The minimum Gasteiger partial charge on any atom is -0.480 e. The maximum Gasteiger partial charge on any atom is 0.331 e. The molecule has 0 aliphatic rings. The molecule has 8 heteroatoms. The minimum atomic E-state index is -1.17. The molecule has 2 rings (SSSR count). The summed E-state index contributed by atoms with van der Waals surface area (Å²) in [6.45, 7) is 3.02. The Kier molecular flexibility index (Phi) is 6.11. The Bertz CT molecular complexity index is 899. The maximum atomic E-state index is 12.5. The van der Waals surface area contributed by atoms with Gasteiger partial charge in [-0.3, -0.25) is 18.7 Å². The van der Waals surface area contributed by atoms with Crippen molar-refractivity contribution in [1.82, 2.24) is 14.5 Å². The number of nitrogens with zero attached hydrogens (tertiary/aromatic N) is 2. The summed E-state index contributed by atoms with van der Waals surface area (Å²) in [6, 6.07) is 9.32. The minimum absolute atomic E-state index is 0.255. The molecule has 0 saturated carbocycles. The summed E-state index contributed by atoms with van der Waals surface area (Å²) in [7, 11) is 0. The molecule has 8 nitrogen and oxygen atoms in total. The summed E-state index contributed by atoms with van der Waals surface area (Å²) < 4.78 is 2.11. The summed E-state index contributed by atoms with van der Waals surface area (Å²) in [6.07, 6.45) is 1.38. The number of hydrogen-bond acceptors (Lipinski definition) is 4. The van der Waals surface area contributed by atoms with Gasteiger partial charge in [-0.2, -0.15) is 0 Å². The van der Waals surface area contributed by atoms with E-state index < -0.39 is 35.7 Å². The molecule has 138 valence electrons. The van der Waals surface area contributed by atoms with Crippen molar-refractivity contribution in [2.75, 3.05) is 0 Å². The number of carboxylic acids is 1. The van der Waals surface area contributed by atoms with Crippen LogP contribution in [0.15, 0.2) is 52.2 Å². The molecule has 0 spiro atoms. The first-order valence-corrected chi connectivity index (χ1v) is 8.16. The molecule has 0 saturated heterocycles. The molecular formula is C18H21N3O5. The van der Waals surface area contributed by atoms with Crippen LogP contribution in [0.3, 0.4) is 0 Å². The molecule has 2 N–H and O–H groups in total. The van der Waals surface area contributed by atoms with Gasteiger partial charge in [-0.15, -0.1) is 0 Å². The topological polar surface area (TPSA) is 110 Å². The Labute approximate surface area is 149 Å². The number of rotatable bonds is 7. The molecule has 1 atom stereocenters. The van der Waals surface area contributed by atoms with E-state index in [9.17, 15) is 19.2 Å². The quantitative estimate of drug-likeness (QED) is 0.738. The molecule has 26 heavy (non-hydrogen) atoms. The van der Waals surface area contributed by atoms with Crippen molar-refractivity contribution in [2.45, 2.75) is 33.0 Å². The number of carbonyl (C=O) groups is 2. The van der Waals surface area contributed by atoms with Crippen LogP contribution in [-0.2, 0) is 22.7 Å². The van der Waals surface area contributed by atoms with E-state index in [1.54, 1.807) is 13.8 Å². The lowest BCUT2D eigenvalue weighted by Crippen LogP contribution is -2.48. The maximum absolute atomic E-state index is 12.5. The molecule has 0 radical (unpaired) electrons. The predicted octanol–water partition coefficient (Wildman–Crippen LogP) is 0.284. The highest BCUT2D eigenvalue weighted by Gasteiger charge is 2.24. The Morgan fingerprint density at radius 1 is 1.12 bits per heavy atom. The van der Waals surface area contributed by atoms with Crippen molar-refractivity contribution in [3.05, 3.63) is 69.0 Å². The van der Waals surface area contributed by atoms with Crippen molar-refractivity contribution in [1.29, 1.82) is 0 Å². The monoisotopic (exact) mass is 359 g/mol. The largest absolute Gasteiger partial charge is 0.480 e. The lowest BCUT2D eigenvalue weighted by molar-refractivity contribution is -0.143. The highest BCUT2D eigenvalue weighted by Crippen LogP contribution is 2.02. The Morgan fingerprint density at radius 3 is 2.35 bits per heavy atom. The van der Waals surface area contributed by atoms with Crippen LogP contribution in [-0.4, -0.2) is 32.2 Å². The van der Waals surface area contributed by atoms with Crippen LogP contribution in [0.1, 0.15) is 19.4 Å². The third kappa shape index (κ3) is 4.69. The molecule has 0 aliphatic heterocycles. The van der Waals surface area contributed by atoms with Gasteiger partial charge in [0.25, 0.3) is 5.56 Å². The van der Waals surface area contributed by atoms with Crippen molar-refractivity contribution in [3.8, 4) is 0 Å². The van der Waals surface area contributed by atoms with Crippen molar-refractivity contribution >= 4 is 11.9 Å². The van der Waals surface area contributed by atoms with Gasteiger partial charge < -0.3 is 10.4 Å².